The Kier molecular flexibility index (Phi) is 5.44. The minimum atomic E-state index is -0.0117. The van der Waals surface area contributed by atoms with E-state index in [1.165, 1.54) is 37.7 Å². The van der Waals surface area contributed by atoms with Crippen molar-refractivity contribution < 1.29 is 9.53 Å². The first-order valence-corrected chi connectivity index (χ1v) is 7.55. The van der Waals surface area contributed by atoms with Gasteiger partial charge in [0.1, 0.15) is 6.10 Å². The molecule has 0 radical (unpaired) electrons. The molecule has 0 amide bonds. The van der Waals surface area contributed by atoms with Crippen LogP contribution in [0.25, 0.3) is 0 Å². The minimum absolute atomic E-state index is 0.0117. The Balaban J connectivity index is 1.72. The van der Waals surface area contributed by atoms with Crippen molar-refractivity contribution in [3.63, 3.8) is 0 Å². The molecule has 0 aliphatic carbocycles. The molecule has 0 unspecified atom stereocenters. The molecule has 1 heterocycles. The highest BCUT2D eigenvalue weighted by molar-refractivity contribution is 5.78. The Bertz CT molecular complexity index is 386. The van der Waals surface area contributed by atoms with E-state index in [1.54, 1.807) is 0 Å². The van der Waals surface area contributed by atoms with Gasteiger partial charge in [-0.2, -0.15) is 0 Å². The molecular weight excluding hydrogens is 236 g/mol. The highest BCUT2D eigenvalue weighted by Gasteiger charge is 2.41. The third-order valence-electron chi connectivity index (χ3n) is 3.91. The third kappa shape index (κ3) is 4.09. The van der Waals surface area contributed by atoms with Gasteiger partial charge in [-0.1, -0.05) is 62.9 Å². The zero-order valence-electron chi connectivity index (χ0n) is 11.8. The van der Waals surface area contributed by atoms with E-state index in [0.29, 0.717) is 0 Å². The fraction of sp³-hybridized carbons (Fsp3) is 0.588. The average Bonchev–Trinajstić information content (AvgIpc) is 2.44. The second-order valence-electron chi connectivity index (χ2n) is 5.47. The van der Waals surface area contributed by atoms with Gasteiger partial charge in [-0.15, -0.1) is 0 Å². The minimum Gasteiger partial charge on any atom is -0.461 e. The van der Waals surface area contributed by atoms with E-state index in [1.807, 2.05) is 18.2 Å². The highest BCUT2D eigenvalue weighted by atomic mass is 16.6. The number of rotatable bonds is 8. The van der Waals surface area contributed by atoms with Gasteiger partial charge >= 0.3 is 5.97 Å². The summed E-state index contributed by atoms with van der Waals surface area (Å²) in [5, 5.41) is 0. The van der Waals surface area contributed by atoms with E-state index in [9.17, 15) is 4.79 Å². The molecule has 0 aromatic heterocycles. The number of ether oxygens (including phenoxy) is 1. The molecule has 0 bridgehead atoms. The maximum absolute atomic E-state index is 11.6. The summed E-state index contributed by atoms with van der Waals surface area (Å²) in [5.41, 5.74) is 1.24. The molecule has 1 aliphatic heterocycles. The van der Waals surface area contributed by atoms with Crippen molar-refractivity contribution in [2.45, 2.75) is 58.0 Å². The predicted molar refractivity (Wildman–Crippen MR) is 76.9 cm³/mol. The maximum Gasteiger partial charge on any atom is 0.313 e. The summed E-state index contributed by atoms with van der Waals surface area (Å²) in [7, 11) is 0. The monoisotopic (exact) mass is 260 g/mol. The number of esters is 1. The van der Waals surface area contributed by atoms with E-state index in [4.69, 9.17) is 4.74 Å². The van der Waals surface area contributed by atoms with Gasteiger partial charge in [-0.3, -0.25) is 4.79 Å². The summed E-state index contributed by atoms with van der Waals surface area (Å²) in [6.07, 6.45) is 8.37. The lowest BCUT2D eigenvalue weighted by Crippen LogP contribution is -2.46. The largest absolute Gasteiger partial charge is 0.461 e. The van der Waals surface area contributed by atoms with Crippen LogP contribution in [0.2, 0.25) is 0 Å². The van der Waals surface area contributed by atoms with Crippen molar-refractivity contribution in [1.29, 1.82) is 0 Å². The molecule has 1 aromatic rings. The van der Waals surface area contributed by atoms with Crippen molar-refractivity contribution in [2.24, 2.45) is 5.92 Å². The Morgan fingerprint density at radius 1 is 1.05 bits per heavy atom. The summed E-state index contributed by atoms with van der Waals surface area (Å²) in [5.74, 6) is 0.0796. The number of benzene rings is 1. The maximum atomic E-state index is 11.6. The van der Waals surface area contributed by atoms with E-state index < -0.39 is 0 Å². The lowest BCUT2D eigenvalue weighted by Gasteiger charge is -2.35. The van der Waals surface area contributed by atoms with Crippen molar-refractivity contribution in [2.75, 3.05) is 0 Å². The summed E-state index contributed by atoms with van der Waals surface area (Å²) in [6.45, 7) is 2.23. The molecule has 2 nitrogen and oxygen atoms in total. The van der Waals surface area contributed by atoms with Gasteiger partial charge < -0.3 is 4.74 Å². The van der Waals surface area contributed by atoms with Gasteiger partial charge in [0.2, 0.25) is 0 Å². The topological polar surface area (TPSA) is 26.3 Å². The Labute approximate surface area is 116 Å². The molecule has 2 heteroatoms. The van der Waals surface area contributed by atoms with Crippen LogP contribution in [0.3, 0.4) is 0 Å². The second-order valence-corrected chi connectivity index (χ2v) is 5.47. The Hall–Kier alpha value is -1.31. The third-order valence-corrected chi connectivity index (χ3v) is 3.91. The zero-order valence-corrected chi connectivity index (χ0v) is 11.8. The first-order valence-electron chi connectivity index (χ1n) is 7.55. The molecule has 1 aliphatic rings. The standard InChI is InChI=1S/C17H24O2/c1-2-3-4-5-9-12-16-15(17(18)19-16)13-14-10-7-6-8-11-14/h6-8,10-11,15-16H,2-5,9,12-13H2,1H3/t15-,16+/m1/s1. The smallest absolute Gasteiger partial charge is 0.313 e. The van der Waals surface area contributed by atoms with Gasteiger partial charge in [-0.05, 0) is 24.8 Å². The van der Waals surface area contributed by atoms with Crippen molar-refractivity contribution in [1.82, 2.24) is 0 Å². The molecule has 1 saturated heterocycles. The van der Waals surface area contributed by atoms with Crippen molar-refractivity contribution >= 4 is 5.97 Å². The van der Waals surface area contributed by atoms with Gasteiger partial charge in [-0.25, -0.2) is 0 Å². The fourth-order valence-electron chi connectivity index (χ4n) is 2.69. The van der Waals surface area contributed by atoms with Crippen LogP contribution in [0.4, 0.5) is 0 Å². The number of carbonyl (C=O) groups is 1. The normalized spacial score (nSPS) is 21.8. The Morgan fingerprint density at radius 3 is 2.47 bits per heavy atom. The molecule has 104 valence electrons. The number of cyclic esters (lactones) is 1. The van der Waals surface area contributed by atoms with E-state index in [2.05, 4.69) is 19.1 Å². The van der Waals surface area contributed by atoms with Crippen molar-refractivity contribution in [3.05, 3.63) is 35.9 Å². The van der Waals surface area contributed by atoms with Crippen LogP contribution in [0.1, 0.15) is 51.0 Å². The lowest BCUT2D eigenvalue weighted by atomic mass is 9.87. The SMILES string of the molecule is CCCCCCC[C@@H]1OC(=O)[C@@H]1Cc1ccccc1. The first-order chi connectivity index (χ1) is 9.31. The molecular formula is C17H24O2. The van der Waals surface area contributed by atoms with Crippen LogP contribution in [0.5, 0.6) is 0 Å². The fourth-order valence-corrected chi connectivity index (χ4v) is 2.69. The molecule has 1 aromatic carbocycles. The summed E-state index contributed by atoms with van der Waals surface area (Å²) in [4.78, 5) is 11.6. The first kappa shape index (κ1) is 14.1. The van der Waals surface area contributed by atoms with E-state index in [-0.39, 0.29) is 18.0 Å². The highest BCUT2D eigenvalue weighted by Crippen LogP contribution is 2.30. The van der Waals surface area contributed by atoms with Gasteiger partial charge in [0.05, 0.1) is 5.92 Å². The van der Waals surface area contributed by atoms with Crippen molar-refractivity contribution in [3.8, 4) is 0 Å². The Morgan fingerprint density at radius 2 is 1.79 bits per heavy atom. The molecule has 0 saturated carbocycles. The molecule has 2 rings (SSSR count). The quantitative estimate of drug-likeness (QED) is 0.519. The molecule has 2 atom stereocenters. The van der Waals surface area contributed by atoms with Gasteiger partial charge in [0, 0.05) is 0 Å². The predicted octanol–water partition coefficient (Wildman–Crippen LogP) is 4.13. The van der Waals surface area contributed by atoms with E-state index in [0.717, 1.165) is 12.8 Å². The van der Waals surface area contributed by atoms with Crippen LogP contribution >= 0.6 is 0 Å². The van der Waals surface area contributed by atoms with Gasteiger partial charge in [0.15, 0.2) is 0 Å². The second kappa shape index (κ2) is 7.32. The molecule has 0 spiro atoms. The molecule has 1 fully saturated rings. The zero-order chi connectivity index (χ0) is 13.5. The summed E-state index contributed by atoms with van der Waals surface area (Å²) >= 11 is 0. The molecule has 0 N–H and O–H groups in total. The van der Waals surface area contributed by atoms with E-state index >= 15 is 0 Å². The number of hydrogen-bond donors (Lipinski definition) is 0. The summed E-state index contributed by atoms with van der Waals surface area (Å²) < 4.78 is 5.29. The summed E-state index contributed by atoms with van der Waals surface area (Å²) in [6, 6.07) is 10.2. The number of hydrogen-bond acceptors (Lipinski definition) is 2. The van der Waals surface area contributed by atoms with Crippen LogP contribution in [0, 0.1) is 5.92 Å². The molecule has 19 heavy (non-hydrogen) atoms. The van der Waals surface area contributed by atoms with Crippen LogP contribution in [0.15, 0.2) is 30.3 Å². The van der Waals surface area contributed by atoms with Crippen LogP contribution in [-0.4, -0.2) is 12.1 Å². The lowest BCUT2D eigenvalue weighted by molar-refractivity contribution is -0.185. The number of carbonyl (C=O) groups excluding carboxylic acids is 1. The average molecular weight is 260 g/mol. The van der Waals surface area contributed by atoms with Gasteiger partial charge in [0.25, 0.3) is 0 Å². The van der Waals surface area contributed by atoms with Crippen LogP contribution in [-0.2, 0) is 16.0 Å². The number of unbranched alkanes of at least 4 members (excludes halogenated alkanes) is 4. The van der Waals surface area contributed by atoms with Crippen LogP contribution < -0.4 is 0 Å².